The number of hydrogen-bond acceptors (Lipinski definition) is 3. The highest BCUT2D eigenvalue weighted by atomic mass is 16.3. The predicted molar refractivity (Wildman–Crippen MR) is 116 cm³/mol. The van der Waals surface area contributed by atoms with Crippen molar-refractivity contribution in [3.05, 3.63) is 53.9 Å². The summed E-state index contributed by atoms with van der Waals surface area (Å²) in [6, 6.07) is 11.6. The lowest BCUT2D eigenvalue weighted by Crippen LogP contribution is -2.65. The Morgan fingerprint density at radius 2 is 1.93 bits per heavy atom. The first-order chi connectivity index (χ1) is 14.5. The molecule has 3 heterocycles. The van der Waals surface area contributed by atoms with Gasteiger partial charge in [-0.3, -0.25) is 14.5 Å². The Morgan fingerprint density at radius 1 is 1.17 bits per heavy atom. The van der Waals surface area contributed by atoms with Gasteiger partial charge in [-0.25, -0.2) is 0 Å². The number of furan rings is 1. The largest absolute Gasteiger partial charge is 0.463 e. The van der Waals surface area contributed by atoms with Crippen LogP contribution in [0.2, 0.25) is 0 Å². The molecule has 0 saturated heterocycles. The van der Waals surface area contributed by atoms with Crippen LogP contribution in [0.1, 0.15) is 55.1 Å². The van der Waals surface area contributed by atoms with Crippen LogP contribution in [-0.2, 0) is 11.3 Å². The fourth-order valence-electron chi connectivity index (χ4n) is 4.99. The van der Waals surface area contributed by atoms with Crippen LogP contribution < -0.4 is 10.2 Å². The zero-order chi connectivity index (χ0) is 20.9. The molecule has 3 aromatic rings. The van der Waals surface area contributed by atoms with Crippen LogP contribution in [-0.4, -0.2) is 28.0 Å². The summed E-state index contributed by atoms with van der Waals surface area (Å²) in [5.41, 5.74) is 2.76. The van der Waals surface area contributed by atoms with Gasteiger partial charge in [-0.2, -0.15) is 0 Å². The number of amides is 2. The minimum atomic E-state index is -1.04. The second kappa shape index (κ2) is 7.04. The molecular formula is C24H27N3O3. The predicted octanol–water partition coefficient (Wildman–Crippen LogP) is 4.41. The Hall–Kier alpha value is -3.02. The normalized spacial score (nSPS) is 22.3. The molecule has 2 aromatic heterocycles. The van der Waals surface area contributed by atoms with Gasteiger partial charge < -0.3 is 14.3 Å². The van der Waals surface area contributed by atoms with Crippen LogP contribution in [0.4, 0.5) is 5.69 Å². The SMILES string of the molecule is Cc1ccccc1N1C(=O)c2cc3occc3n2CC1(C)C(=O)NC1CCCCC1. The topological polar surface area (TPSA) is 67.5 Å². The number of carbonyl (C=O) groups excluding carboxylic acids is 2. The van der Waals surface area contributed by atoms with Crippen LogP contribution in [0.5, 0.6) is 0 Å². The summed E-state index contributed by atoms with van der Waals surface area (Å²) < 4.78 is 7.47. The van der Waals surface area contributed by atoms with Gasteiger partial charge in [0.05, 0.1) is 18.3 Å². The maximum absolute atomic E-state index is 13.7. The highest BCUT2D eigenvalue weighted by Crippen LogP contribution is 2.37. The number of para-hydroxylation sites is 1. The summed E-state index contributed by atoms with van der Waals surface area (Å²) in [6.07, 6.45) is 7.12. The standard InChI is InChI=1S/C24H27N3O3/c1-16-8-6-7-11-18(16)27-22(28)20-14-21-19(12-13-30-21)26(20)15-24(27,2)23(29)25-17-9-4-3-5-10-17/h6-8,11-14,17H,3-5,9-10,15H2,1-2H3,(H,25,29). The summed E-state index contributed by atoms with van der Waals surface area (Å²) in [5, 5.41) is 3.26. The number of rotatable bonds is 3. The number of carbonyl (C=O) groups is 2. The third-order valence-electron chi connectivity index (χ3n) is 6.69. The van der Waals surface area contributed by atoms with Crippen molar-refractivity contribution < 1.29 is 14.0 Å². The van der Waals surface area contributed by atoms with Gasteiger partial charge in [-0.05, 0) is 38.3 Å². The molecule has 5 rings (SSSR count). The Kier molecular flexibility index (Phi) is 4.45. The van der Waals surface area contributed by atoms with Crippen molar-refractivity contribution in [3.63, 3.8) is 0 Å². The first-order valence-electron chi connectivity index (χ1n) is 10.8. The maximum atomic E-state index is 13.7. The maximum Gasteiger partial charge on any atom is 0.276 e. The van der Waals surface area contributed by atoms with Crippen molar-refractivity contribution in [1.82, 2.24) is 9.88 Å². The first-order valence-corrected chi connectivity index (χ1v) is 10.8. The van der Waals surface area contributed by atoms with E-state index in [0.29, 0.717) is 17.8 Å². The zero-order valence-electron chi connectivity index (χ0n) is 17.5. The monoisotopic (exact) mass is 405 g/mol. The molecule has 0 radical (unpaired) electrons. The summed E-state index contributed by atoms with van der Waals surface area (Å²) >= 11 is 0. The van der Waals surface area contributed by atoms with Gasteiger partial charge in [0, 0.05) is 23.9 Å². The van der Waals surface area contributed by atoms with Crippen LogP contribution in [0, 0.1) is 6.92 Å². The van der Waals surface area contributed by atoms with Gasteiger partial charge in [-0.1, -0.05) is 37.5 Å². The molecule has 1 saturated carbocycles. The molecule has 1 aliphatic heterocycles. The smallest absolute Gasteiger partial charge is 0.276 e. The molecule has 0 spiro atoms. The number of anilines is 1. The first kappa shape index (κ1) is 19.0. The summed E-state index contributed by atoms with van der Waals surface area (Å²) in [6.45, 7) is 4.23. The van der Waals surface area contributed by atoms with E-state index >= 15 is 0 Å². The lowest BCUT2D eigenvalue weighted by molar-refractivity contribution is -0.127. The molecule has 156 valence electrons. The van der Waals surface area contributed by atoms with E-state index < -0.39 is 5.54 Å². The number of benzene rings is 1. The molecule has 1 fully saturated rings. The zero-order valence-corrected chi connectivity index (χ0v) is 17.5. The van der Waals surface area contributed by atoms with Crippen LogP contribution in [0.3, 0.4) is 0 Å². The minimum absolute atomic E-state index is 0.0954. The average molecular weight is 405 g/mol. The van der Waals surface area contributed by atoms with Crippen molar-refractivity contribution in [2.24, 2.45) is 0 Å². The van der Waals surface area contributed by atoms with Gasteiger partial charge >= 0.3 is 0 Å². The van der Waals surface area contributed by atoms with E-state index in [-0.39, 0.29) is 17.9 Å². The number of fused-ring (bicyclic) bond motifs is 3. The third-order valence-corrected chi connectivity index (χ3v) is 6.69. The van der Waals surface area contributed by atoms with Gasteiger partial charge in [0.1, 0.15) is 11.2 Å². The van der Waals surface area contributed by atoms with E-state index in [4.69, 9.17) is 4.42 Å². The number of aromatic nitrogens is 1. The van der Waals surface area contributed by atoms with E-state index in [9.17, 15) is 9.59 Å². The molecule has 0 bridgehead atoms. The fourth-order valence-corrected chi connectivity index (χ4v) is 4.99. The molecule has 6 heteroatoms. The molecule has 1 atom stereocenters. The quantitative estimate of drug-likeness (QED) is 0.702. The fraction of sp³-hybridized carbons (Fsp3) is 0.417. The van der Waals surface area contributed by atoms with E-state index in [0.717, 1.165) is 42.5 Å². The summed E-state index contributed by atoms with van der Waals surface area (Å²) in [5.74, 6) is -0.273. The lowest BCUT2D eigenvalue weighted by Gasteiger charge is -2.45. The highest BCUT2D eigenvalue weighted by Gasteiger charge is 2.49. The molecule has 1 unspecified atom stereocenters. The van der Waals surface area contributed by atoms with E-state index in [1.807, 2.05) is 48.7 Å². The number of nitrogens with zero attached hydrogens (tertiary/aromatic N) is 2. The minimum Gasteiger partial charge on any atom is -0.463 e. The van der Waals surface area contributed by atoms with E-state index in [1.165, 1.54) is 6.42 Å². The number of aryl methyl sites for hydroxylation is 1. The lowest BCUT2D eigenvalue weighted by atomic mass is 9.90. The molecule has 6 nitrogen and oxygen atoms in total. The van der Waals surface area contributed by atoms with Crippen molar-refractivity contribution >= 4 is 28.6 Å². The van der Waals surface area contributed by atoms with E-state index in [1.54, 1.807) is 17.2 Å². The Labute approximate surface area is 175 Å². The summed E-state index contributed by atoms with van der Waals surface area (Å²) in [7, 11) is 0. The Bertz CT molecular complexity index is 1120. The van der Waals surface area contributed by atoms with Crippen LogP contribution in [0.25, 0.3) is 11.1 Å². The van der Waals surface area contributed by atoms with Crippen molar-refractivity contribution in [2.75, 3.05) is 4.90 Å². The molecule has 1 N–H and O–H groups in total. The van der Waals surface area contributed by atoms with Gasteiger partial charge in [0.15, 0.2) is 5.58 Å². The molecule has 2 aliphatic rings. The number of hydrogen-bond donors (Lipinski definition) is 1. The molecule has 1 aromatic carbocycles. The molecular weight excluding hydrogens is 378 g/mol. The van der Waals surface area contributed by atoms with Crippen molar-refractivity contribution in [1.29, 1.82) is 0 Å². The third kappa shape index (κ3) is 2.85. The van der Waals surface area contributed by atoms with Crippen molar-refractivity contribution in [3.8, 4) is 0 Å². The Morgan fingerprint density at radius 3 is 2.70 bits per heavy atom. The second-order valence-corrected chi connectivity index (χ2v) is 8.80. The van der Waals surface area contributed by atoms with Crippen molar-refractivity contribution in [2.45, 2.75) is 64.1 Å². The van der Waals surface area contributed by atoms with Gasteiger partial charge in [0.25, 0.3) is 5.91 Å². The average Bonchev–Trinajstić information content (AvgIpc) is 3.33. The van der Waals surface area contributed by atoms with Gasteiger partial charge in [-0.15, -0.1) is 0 Å². The highest BCUT2D eigenvalue weighted by molar-refractivity contribution is 6.14. The van der Waals surface area contributed by atoms with Crippen LogP contribution in [0.15, 0.2) is 47.1 Å². The molecule has 2 amide bonds. The molecule has 30 heavy (non-hydrogen) atoms. The summed E-state index contributed by atoms with van der Waals surface area (Å²) in [4.78, 5) is 29.1. The number of nitrogens with one attached hydrogen (secondary N) is 1. The van der Waals surface area contributed by atoms with Gasteiger partial charge in [0.2, 0.25) is 5.91 Å². The second-order valence-electron chi connectivity index (χ2n) is 8.80. The van der Waals surface area contributed by atoms with E-state index in [2.05, 4.69) is 5.32 Å². The Balaban J connectivity index is 1.61. The van der Waals surface area contributed by atoms with Crippen LogP contribution >= 0.6 is 0 Å². The molecule has 1 aliphatic carbocycles.